The van der Waals surface area contributed by atoms with Crippen LogP contribution in [0.2, 0.25) is 0 Å². The zero-order chi connectivity index (χ0) is 33.0. The van der Waals surface area contributed by atoms with Crippen LogP contribution in [-0.2, 0) is 0 Å². The van der Waals surface area contributed by atoms with Crippen molar-refractivity contribution in [1.29, 1.82) is 0 Å². The minimum atomic E-state index is 0.874. The second-order valence-corrected chi connectivity index (χ2v) is 12.9. The Hall–Kier alpha value is -6.64. The Balaban J connectivity index is 1.30. The van der Waals surface area contributed by atoms with Crippen LogP contribution < -0.4 is 4.90 Å². The summed E-state index contributed by atoms with van der Waals surface area (Å²) in [6.07, 6.45) is 0. The highest BCUT2D eigenvalue weighted by atomic mass is 16.3. The highest BCUT2D eigenvalue weighted by molar-refractivity contribution is 6.21. The van der Waals surface area contributed by atoms with Crippen LogP contribution >= 0.6 is 0 Å². The van der Waals surface area contributed by atoms with Crippen molar-refractivity contribution in [3.05, 3.63) is 188 Å². The lowest BCUT2D eigenvalue weighted by molar-refractivity contribution is 0.670. The summed E-state index contributed by atoms with van der Waals surface area (Å²) in [5.74, 6) is 0. The number of furan rings is 1. The van der Waals surface area contributed by atoms with Crippen molar-refractivity contribution < 1.29 is 4.42 Å². The number of hydrogen-bond acceptors (Lipinski definition) is 2. The molecule has 234 valence electrons. The molecular weight excluding hydrogens is 607 g/mol. The molecule has 2 heteroatoms. The van der Waals surface area contributed by atoms with Gasteiger partial charge in [0.2, 0.25) is 0 Å². The maximum Gasteiger partial charge on any atom is 0.145 e. The summed E-state index contributed by atoms with van der Waals surface area (Å²) in [5.41, 5.74) is 9.66. The molecule has 1 aromatic heterocycles. The Morgan fingerprint density at radius 3 is 1.78 bits per heavy atom. The molecule has 1 heterocycles. The number of nitrogens with zero attached hydrogens (tertiary/aromatic N) is 1. The molecule has 0 spiro atoms. The third kappa shape index (κ3) is 4.50. The maximum absolute atomic E-state index is 6.86. The molecule has 50 heavy (non-hydrogen) atoms. The first-order valence-electron chi connectivity index (χ1n) is 17.1. The smallest absolute Gasteiger partial charge is 0.145 e. The lowest BCUT2D eigenvalue weighted by Crippen LogP contribution is -2.11. The average molecular weight is 638 g/mol. The van der Waals surface area contributed by atoms with Crippen LogP contribution in [0.15, 0.2) is 192 Å². The van der Waals surface area contributed by atoms with E-state index in [0.29, 0.717) is 0 Å². The number of rotatable bonds is 5. The van der Waals surface area contributed by atoms with Gasteiger partial charge in [-0.25, -0.2) is 0 Å². The van der Waals surface area contributed by atoms with E-state index >= 15 is 0 Å². The van der Waals surface area contributed by atoms with E-state index in [2.05, 4.69) is 193 Å². The molecule has 0 fully saturated rings. The van der Waals surface area contributed by atoms with Crippen LogP contribution in [0.4, 0.5) is 17.1 Å². The molecule has 9 aromatic carbocycles. The summed E-state index contributed by atoms with van der Waals surface area (Å²) >= 11 is 0. The Kier molecular flexibility index (Phi) is 6.53. The molecule has 0 radical (unpaired) electrons. The van der Waals surface area contributed by atoms with Crippen molar-refractivity contribution in [2.45, 2.75) is 0 Å². The van der Waals surface area contributed by atoms with Gasteiger partial charge in [0.1, 0.15) is 11.2 Å². The number of anilines is 3. The molecule has 0 saturated carbocycles. The number of benzene rings is 9. The first-order valence-corrected chi connectivity index (χ1v) is 17.1. The van der Waals surface area contributed by atoms with E-state index in [0.717, 1.165) is 50.1 Å². The Bertz CT molecular complexity index is 2860. The SMILES string of the molecule is c1ccc(-c2ccc(N(c3cccc4ccc5ccccc5c34)c3ccc(-c4cccc5ccccc45)c4oc5ccccc5c34)cc2)cc1. The van der Waals surface area contributed by atoms with E-state index in [1.165, 1.54) is 43.4 Å². The van der Waals surface area contributed by atoms with Gasteiger partial charge in [0, 0.05) is 22.0 Å². The molecule has 0 aliphatic rings. The van der Waals surface area contributed by atoms with E-state index in [1.807, 2.05) is 0 Å². The number of fused-ring (bicyclic) bond motifs is 7. The van der Waals surface area contributed by atoms with Gasteiger partial charge in [-0.05, 0) is 80.0 Å². The van der Waals surface area contributed by atoms with Gasteiger partial charge in [-0.15, -0.1) is 0 Å². The molecule has 0 unspecified atom stereocenters. The first kappa shape index (κ1) is 28.4. The minimum absolute atomic E-state index is 0.874. The fourth-order valence-electron chi connectivity index (χ4n) is 7.74. The largest absolute Gasteiger partial charge is 0.455 e. The van der Waals surface area contributed by atoms with Crippen LogP contribution in [0.25, 0.3) is 76.5 Å². The fraction of sp³-hybridized carbons (Fsp3) is 0. The normalized spacial score (nSPS) is 11.6. The zero-order valence-electron chi connectivity index (χ0n) is 27.3. The molecule has 0 N–H and O–H groups in total. The monoisotopic (exact) mass is 637 g/mol. The van der Waals surface area contributed by atoms with Crippen LogP contribution in [0.1, 0.15) is 0 Å². The van der Waals surface area contributed by atoms with Gasteiger partial charge in [0.05, 0.1) is 16.8 Å². The Labute approximate surface area is 290 Å². The second-order valence-electron chi connectivity index (χ2n) is 12.9. The predicted molar refractivity (Wildman–Crippen MR) is 212 cm³/mol. The summed E-state index contributed by atoms with van der Waals surface area (Å²) in [6, 6.07) is 67.4. The minimum Gasteiger partial charge on any atom is -0.455 e. The molecule has 0 atom stereocenters. The van der Waals surface area contributed by atoms with E-state index in [-0.39, 0.29) is 0 Å². The molecule has 0 aliphatic carbocycles. The van der Waals surface area contributed by atoms with Gasteiger partial charge in [-0.3, -0.25) is 0 Å². The summed E-state index contributed by atoms with van der Waals surface area (Å²) in [4.78, 5) is 2.43. The summed E-state index contributed by atoms with van der Waals surface area (Å²) in [7, 11) is 0. The van der Waals surface area contributed by atoms with Crippen molar-refractivity contribution in [3.8, 4) is 22.3 Å². The third-order valence-electron chi connectivity index (χ3n) is 10.0. The highest BCUT2D eigenvalue weighted by Crippen LogP contribution is 2.49. The highest BCUT2D eigenvalue weighted by Gasteiger charge is 2.24. The molecule has 0 amide bonds. The molecule has 10 aromatic rings. The van der Waals surface area contributed by atoms with Crippen molar-refractivity contribution in [2.24, 2.45) is 0 Å². The topological polar surface area (TPSA) is 16.4 Å². The lowest BCUT2D eigenvalue weighted by atomic mass is 9.95. The van der Waals surface area contributed by atoms with Crippen LogP contribution in [0, 0.1) is 0 Å². The Morgan fingerprint density at radius 1 is 0.340 bits per heavy atom. The molecule has 2 nitrogen and oxygen atoms in total. The van der Waals surface area contributed by atoms with Gasteiger partial charge in [0.15, 0.2) is 0 Å². The fourth-order valence-corrected chi connectivity index (χ4v) is 7.74. The molecular formula is C48H31NO. The molecule has 0 bridgehead atoms. The predicted octanol–water partition coefficient (Wildman–Crippen LogP) is 13.8. The van der Waals surface area contributed by atoms with E-state index in [4.69, 9.17) is 4.42 Å². The van der Waals surface area contributed by atoms with Crippen molar-refractivity contribution in [1.82, 2.24) is 0 Å². The molecule has 0 aliphatic heterocycles. The van der Waals surface area contributed by atoms with E-state index in [1.54, 1.807) is 0 Å². The first-order chi connectivity index (χ1) is 24.8. The Morgan fingerprint density at radius 2 is 0.940 bits per heavy atom. The summed E-state index contributed by atoms with van der Waals surface area (Å²) in [5, 5.41) is 9.47. The maximum atomic E-state index is 6.86. The summed E-state index contributed by atoms with van der Waals surface area (Å²) in [6.45, 7) is 0. The molecule has 10 rings (SSSR count). The van der Waals surface area contributed by atoms with E-state index < -0.39 is 0 Å². The van der Waals surface area contributed by atoms with Gasteiger partial charge in [-0.1, -0.05) is 152 Å². The third-order valence-corrected chi connectivity index (χ3v) is 10.0. The molecule has 0 saturated heterocycles. The average Bonchev–Trinajstić information content (AvgIpc) is 3.58. The van der Waals surface area contributed by atoms with E-state index in [9.17, 15) is 0 Å². The van der Waals surface area contributed by atoms with Gasteiger partial charge in [-0.2, -0.15) is 0 Å². The van der Waals surface area contributed by atoms with Crippen molar-refractivity contribution >= 4 is 71.3 Å². The van der Waals surface area contributed by atoms with Crippen LogP contribution in [0.5, 0.6) is 0 Å². The van der Waals surface area contributed by atoms with Crippen LogP contribution in [0.3, 0.4) is 0 Å². The quantitative estimate of drug-likeness (QED) is 0.175. The summed E-state index contributed by atoms with van der Waals surface area (Å²) < 4.78 is 6.86. The van der Waals surface area contributed by atoms with Gasteiger partial charge in [0.25, 0.3) is 0 Å². The standard InChI is InChI=1S/C48H31NO/c1-2-12-32(13-3-1)33-26-28-37(29-27-33)49(43-22-11-17-36-25-24-35-15-5-7-19-39(35)46(36)43)44-31-30-41(40-21-10-16-34-14-4-6-18-38(34)40)48-47(44)42-20-8-9-23-45(42)50-48/h1-31H. The van der Waals surface area contributed by atoms with Gasteiger partial charge >= 0.3 is 0 Å². The number of para-hydroxylation sites is 1. The van der Waals surface area contributed by atoms with Gasteiger partial charge < -0.3 is 9.32 Å². The van der Waals surface area contributed by atoms with Crippen molar-refractivity contribution in [3.63, 3.8) is 0 Å². The van der Waals surface area contributed by atoms with Crippen LogP contribution in [-0.4, -0.2) is 0 Å². The number of hydrogen-bond donors (Lipinski definition) is 0. The lowest BCUT2D eigenvalue weighted by Gasteiger charge is -2.28. The zero-order valence-corrected chi connectivity index (χ0v) is 27.3. The second kappa shape index (κ2) is 11.5. The van der Waals surface area contributed by atoms with Crippen molar-refractivity contribution in [2.75, 3.05) is 4.90 Å².